The van der Waals surface area contributed by atoms with Gasteiger partial charge in [-0.1, -0.05) is 12.1 Å². The first-order chi connectivity index (χ1) is 12.6. The molecule has 2 heterocycles. The van der Waals surface area contributed by atoms with Crippen molar-refractivity contribution in [2.45, 2.75) is 6.54 Å². The molecule has 3 aromatic rings. The first-order valence-electron chi connectivity index (χ1n) is 7.75. The molecule has 3 rings (SSSR count). The van der Waals surface area contributed by atoms with Crippen molar-refractivity contribution in [2.75, 3.05) is 0 Å². The van der Waals surface area contributed by atoms with Gasteiger partial charge in [-0.15, -0.1) is 0 Å². The summed E-state index contributed by atoms with van der Waals surface area (Å²) in [5, 5.41) is 5.33. The summed E-state index contributed by atoms with van der Waals surface area (Å²) >= 11 is 3.33. The van der Waals surface area contributed by atoms with Crippen LogP contribution in [0.1, 0.15) is 21.9 Å². The minimum absolute atomic E-state index is 0.0623. The van der Waals surface area contributed by atoms with Gasteiger partial charge in [0.2, 0.25) is 0 Å². The molecule has 0 spiro atoms. The molecule has 0 aliphatic rings. The van der Waals surface area contributed by atoms with Crippen LogP contribution in [0.15, 0.2) is 80.1 Å². The fraction of sp³-hybridized carbons (Fsp3) is 0.0526. The van der Waals surface area contributed by atoms with E-state index in [0.717, 1.165) is 0 Å². The third-order valence-electron chi connectivity index (χ3n) is 3.44. The zero-order valence-electron chi connectivity index (χ0n) is 13.6. The Morgan fingerprint density at radius 3 is 2.46 bits per heavy atom. The predicted molar refractivity (Wildman–Crippen MR) is 98.8 cm³/mol. The highest BCUT2D eigenvalue weighted by molar-refractivity contribution is 9.10. The van der Waals surface area contributed by atoms with Crippen LogP contribution in [0.3, 0.4) is 0 Å². The Labute approximate surface area is 158 Å². The Kier molecular flexibility index (Phi) is 5.70. The minimum Gasteiger partial charge on any atom is -0.467 e. The molecule has 0 saturated carbocycles. The average molecular weight is 415 g/mol. The molecule has 0 atom stereocenters. The highest BCUT2D eigenvalue weighted by Crippen LogP contribution is 2.16. The van der Waals surface area contributed by atoms with Gasteiger partial charge in [-0.25, -0.2) is 0 Å². The summed E-state index contributed by atoms with van der Waals surface area (Å²) in [6.07, 6.45) is 4.47. The van der Waals surface area contributed by atoms with Crippen molar-refractivity contribution in [3.63, 3.8) is 0 Å². The summed E-state index contributed by atoms with van der Waals surface area (Å²) in [4.78, 5) is 25.1. The normalized spacial score (nSPS) is 11.2. The minimum atomic E-state index is -0.460. The second kappa shape index (κ2) is 8.35. The fourth-order valence-electron chi connectivity index (χ4n) is 2.18. The average Bonchev–Trinajstić information content (AvgIpc) is 3.33. The lowest BCUT2D eigenvalue weighted by molar-refractivity contribution is -0.118. The summed E-state index contributed by atoms with van der Waals surface area (Å²) in [6.45, 7) is 0.201. The molecule has 7 heteroatoms. The van der Waals surface area contributed by atoms with E-state index in [2.05, 4.69) is 26.6 Å². The Hall–Kier alpha value is -3.06. The van der Waals surface area contributed by atoms with Crippen LogP contribution in [0.5, 0.6) is 0 Å². The Morgan fingerprint density at radius 2 is 1.77 bits per heavy atom. The van der Waals surface area contributed by atoms with Gasteiger partial charge >= 0.3 is 0 Å². The van der Waals surface area contributed by atoms with E-state index in [1.165, 1.54) is 18.6 Å². The molecule has 2 N–H and O–H groups in total. The van der Waals surface area contributed by atoms with Crippen molar-refractivity contribution in [2.24, 2.45) is 0 Å². The van der Waals surface area contributed by atoms with Crippen LogP contribution in [0.4, 0.5) is 0 Å². The number of furan rings is 2. The topological polar surface area (TPSA) is 84.5 Å². The molecule has 0 aliphatic carbocycles. The molecule has 6 nitrogen and oxygen atoms in total. The highest BCUT2D eigenvalue weighted by Gasteiger charge is 2.17. The molecule has 0 radical (unpaired) electrons. The number of halogens is 1. The molecule has 0 saturated heterocycles. The number of nitrogens with one attached hydrogen (secondary N) is 2. The van der Waals surface area contributed by atoms with E-state index in [4.69, 9.17) is 8.83 Å². The standard InChI is InChI=1S/C19H15BrN2O4/c20-16-8-2-1-7-15(16)18(23)22-17(11-13-5-3-9-25-13)19(24)21-12-14-6-4-10-26-14/h1-11H,12H2,(H,21,24)(H,22,23)/b17-11+. The summed E-state index contributed by atoms with van der Waals surface area (Å²) in [5.41, 5.74) is 0.476. The van der Waals surface area contributed by atoms with Crippen LogP contribution < -0.4 is 10.6 Å². The number of carbonyl (C=O) groups excluding carboxylic acids is 2. The van der Waals surface area contributed by atoms with E-state index >= 15 is 0 Å². The number of hydrogen-bond acceptors (Lipinski definition) is 4. The highest BCUT2D eigenvalue weighted by atomic mass is 79.9. The van der Waals surface area contributed by atoms with Crippen molar-refractivity contribution < 1.29 is 18.4 Å². The summed E-state index contributed by atoms with van der Waals surface area (Å²) in [6, 6.07) is 13.8. The van der Waals surface area contributed by atoms with Crippen LogP contribution in [-0.4, -0.2) is 11.8 Å². The van der Waals surface area contributed by atoms with Gasteiger partial charge in [-0.3, -0.25) is 9.59 Å². The van der Waals surface area contributed by atoms with Gasteiger partial charge in [-0.2, -0.15) is 0 Å². The van der Waals surface area contributed by atoms with Crippen LogP contribution in [0.25, 0.3) is 6.08 Å². The van der Waals surface area contributed by atoms with Gasteiger partial charge in [-0.05, 0) is 52.3 Å². The zero-order valence-corrected chi connectivity index (χ0v) is 15.2. The second-order valence-corrected chi connectivity index (χ2v) is 6.12. The van der Waals surface area contributed by atoms with E-state index in [9.17, 15) is 9.59 Å². The number of hydrogen-bond donors (Lipinski definition) is 2. The van der Waals surface area contributed by atoms with Gasteiger partial charge in [0, 0.05) is 10.5 Å². The maximum Gasteiger partial charge on any atom is 0.268 e. The molecular weight excluding hydrogens is 400 g/mol. The molecule has 0 aliphatic heterocycles. The molecule has 2 amide bonds. The van der Waals surface area contributed by atoms with Crippen molar-refractivity contribution >= 4 is 33.8 Å². The molecular formula is C19H15BrN2O4. The largest absolute Gasteiger partial charge is 0.467 e. The number of benzene rings is 1. The van der Waals surface area contributed by atoms with Crippen LogP contribution in [0.2, 0.25) is 0 Å². The van der Waals surface area contributed by atoms with Crippen molar-refractivity contribution in [1.82, 2.24) is 10.6 Å². The SMILES string of the molecule is O=C(NCc1ccco1)/C(=C\c1ccco1)NC(=O)c1ccccc1Br. The van der Waals surface area contributed by atoms with Gasteiger partial charge in [0.15, 0.2) is 0 Å². The van der Waals surface area contributed by atoms with E-state index in [-0.39, 0.29) is 12.2 Å². The molecule has 0 fully saturated rings. The summed E-state index contributed by atoms with van der Waals surface area (Å²) < 4.78 is 11.1. The third-order valence-corrected chi connectivity index (χ3v) is 4.14. The van der Waals surface area contributed by atoms with Gasteiger partial charge in [0.25, 0.3) is 11.8 Å². The van der Waals surface area contributed by atoms with Crippen molar-refractivity contribution in [3.8, 4) is 0 Å². The lowest BCUT2D eigenvalue weighted by Crippen LogP contribution is -2.34. The molecule has 2 aromatic heterocycles. The quantitative estimate of drug-likeness (QED) is 0.601. The molecule has 26 heavy (non-hydrogen) atoms. The molecule has 1 aromatic carbocycles. The molecule has 0 bridgehead atoms. The third kappa shape index (κ3) is 4.52. The Balaban J connectivity index is 1.78. The number of amides is 2. The van der Waals surface area contributed by atoms with Crippen LogP contribution in [0, 0.1) is 0 Å². The zero-order chi connectivity index (χ0) is 18.4. The van der Waals surface area contributed by atoms with Gasteiger partial charge in [0.05, 0.1) is 24.6 Å². The van der Waals surface area contributed by atoms with Gasteiger partial charge in [0.1, 0.15) is 17.2 Å². The smallest absolute Gasteiger partial charge is 0.268 e. The molecule has 0 unspecified atom stereocenters. The van der Waals surface area contributed by atoms with E-state index in [0.29, 0.717) is 21.6 Å². The fourth-order valence-corrected chi connectivity index (χ4v) is 2.65. The lowest BCUT2D eigenvalue weighted by atomic mass is 10.2. The van der Waals surface area contributed by atoms with Gasteiger partial charge < -0.3 is 19.5 Å². The van der Waals surface area contributed by atoms with E-state index in [1.807, 2.05) is 0 Å². The first-order valence-corrected chi connectivity index (χ1v) is 8.54. The summed E-state index contributed by atoms with van der Waals surface area (Å²) in [7, 11) is 0. The Bertz CT molecular complexity index is 915. The van der Waals surface area contributed by atoms with Crippen LogP contribution in [-0.2, 0) is 11.3 Å². The second-order valence-electron chi connectivity index (χ2n) is 5.27. The monoisotopic (exact) mass is 414 g/mol. The van der Waals surface area contributed by atoms with Crippen molar-refractivity contribution in [3.05, 3.63) is 88.3 Å². The van der Waals surface area contributed by atoms with E-state index < -0.39 is 11.8 Å². The maximum atomic E-state index is 12.5. The number of carbonyl (C=O) groups is 2. The van der Waals surface area contributed by atoms with E-state index in [1.54, 1.807) is 48.5 Å². The Morgan fingerprint density at radius 1 is 1.00 bits per heavy atom. The maximum absolute atomic E-state index is 12.5. The lowest BCUT2D eigenvalue weighted by Gasteiger charge is -2.11. The first kappa shape index (κ1) is 17.8. The summed E-state index contributed by atoms with van der Waals surface area (Å²) in [5.74, 6) is 0.176. The van der Waals surface area contributed by atoms with Crippen LogP contribution >= 0.6 is 15.9 Å². The molecule has 132 valence electrons. The number of rotatable bonds is 6. The van der Waals surface area contributed by atoms with Crippen molar-refractivity contribution in [1.29, 1.82) is 0 Å². The predicted octanol–water partition coefficient (Wildman–Crippen LogP) is 3.72.